The fourth-order valence-corrected chi connectivity index (χ4v) is 1.39. The maximum atomic E-state index is 11.2. The van der Waals surface area contributed by atoms with Crippen LogP contribution in [-0.2, 0) is 4.79 Å². The molecule has 1 nitrogen and oxygen atoms in total. The summed E-state index contributed by atoms with van der Waals surface area (Å²) < 4.78 is 0. The number of carbonyl (C=O) groups is 1. The summed E-state index contributed by atoms with van der Waals surface area (Å²) in [7, 11) is 0. The molecule has 0 atom stereocenters. The number of carbonyl (C=O) groups excluding carboxylic acids is 1. The second kappa shape index (κ2) is 2.80. The van der Waals surface area contributed by atoms with Crippen molar-refractivity contribution in [2.75, 3.05) is 0 Å². The van der Waals surface area contributed by atoms with Crippen molar-refractivity contribution >= 4 is 5.78 Å². The zero-order chi connectivity index (χ0) is 8.48. The van der Waals surface area contributed by atoms with Gasteiger partial charge < -0.3 is 0 Å². The van der Waals surface area contributed by atoms with Crippen LogP contribution in [0.2, 0.25) is 0 Å². The van der Waals surface area contributed by atoms with E-state index in [0.29, 0.717) is 5.78 Å². The summed E-state index contributed by atoms with van der Waals surface area (Å²) in [6.07, 6.45) is 4.73. The number of hydrogen-bond acceptors (Lipinski definition) is 1. The first-order valence-corrected chi connectivity index (χ1v) is 4.21. The van der Waals surface area contributed by atoms with E-state index in [4.69, 9.17) is 0 Å². The first kappa shape index (κ1) is 8.51. The van der Waals surface area contributed by atoms with Crippen LogP contribution in [0.1, 0.15) is 40.0 Å². The molecule has 0 aromatic rings. The summed E-state index contributed by atoms with van der Waals surface area (Å²) >= 11 is 0. The molecule has 0 fully saturated rings. The quantitative estimate of drug-likeness (QED) is 0.564. The van der Waals surface area contributed by atoms with Crippen LogP contribution >= 0.6 is 0 Å². The molecule has 0 saturated carbocycles. The molecule has 0 amide bonds. The molecular weight excluding hydrogens is 136 g/mol. The van der Waals surface area contributed by atoms with Crippen LogP contribution in [0.3, 0.4) is 0 Å². The highest BCUT2D eigenvalue weighted by Gasteiger charge is 2.20. The van der Waals surface area contributed by atoms with Gasteiger partial charge >= 0.3 is 0 Å². The number of ketones is 1. The van der Waals surface area contributed by atoms with Crippen LogP contribution in [0.4, 0.5) is 0 Å². The van der Waals surface area contributed by atoms with Crippen molar-refractivity contribution in [2.24, 2.45) is 5.41 Å². The third kappa shape index (κ3) is 2.49. The lowest BCUT2D eigenvalue weighted by Crippen LogP contribution is -2.09. The maximum absolute atomic E-state index is 11.2. The zero-order valence-corrected chi connectivity index (χ0v) is 7.61. The van der Waals surface area contributed by atoms with E-state index in [2.05, 4.69) is 26.8 Å². The molecule has 11 heavy (non-hydrogen) atoms. The van der Waals surface area contributed by atoms with E-state index in [1.807, 2.05) is 0 Å². The standard InChI is InChI=1S/C10H16O/c1-10(2,3)7-8-5-4-6-9(8)11/h5H,4,6-7H2,1-3H3. The van der Waals surface area contributed by atoms with Gasteiger partial charge in [-0.2, -0.15) is 0 Å². The van der Waals surface area contributed by atoms with Gasteiger partial charge in [0.25, 0.3) is 0 Å². The lowest BCUT2D eigenvalue weighted by molar-refractivity contribution is -0.115. The largest absolute Gasteiger partial charge is 0.295 e. The molecule has 0 saturated heterocycles. The summed E-state index contributed by atoms with van der Waals surface area (Å²) in [4.78, 5) is 11.2. The average molecular weight is 152 g/mol. The van der Waals surface area contributed by atoms with Gasteiger partial charge in [-0.15, -0.1) is 0 Å². The van der Waals surface area contributed by atoms with E-state index in [1.54, 1.807) is 0 Å². The summed E-state index contributed by atoms with van der Waals surface area (Å²) in [6, 6.07) is 0. The van der Waals surface area contributed by atoms with Crippen LogP contribution < -0.4 is 0 Å². The molecule has 0 spiro atoms. The molecule has 0 aromatic heterocycles. The van der Waals surface area contributed by atoms with Crippen molar-refractivity contribution in [2.45, 2.75) is 40.0 Å². The Labute approximate surface area is 68.5 Å². The molecule has 1 aliphatic carbocycles. The lowest BCUT2D eigenvalue weighted by Gasteiger charge is -2.17. The molecule has 0 unspecified atom stereocenters. The molecule has 0 radical (unpaired) electrons. The third-order valence-corrected chi connectivity index (χ3v) is 1.84. The summed E-state index contributed by atoms with van der Waals surface area (Å²) in [5.74, 6) is 0.361. The van der Waals surface area contributed by atoms with Crippen LogP contribution in [0.15, 0.2) is 11.6 Å². The molecule has 1 aliphatic rings. The van der Waals surface area contributed by atoms with Crippen LogP contribution in [0.5, 0.6) is 0 Å². The first-order valence-electron chi connectivity index (χ1n) is 4.21. The fraction of sp³-hybridized carbons (Fsp3) is 0.700. The molecule has 0 aromatic carbocycles. The monoisotopic (exact) mass is 152 g/mol. The molecule has 0 heterocycles. The Bertz CT molecular complexity index is 193. The number of hydrogen-bond donors (Lipinski definition) is 0. The predicted octanol–water partition coefficient (Wildman–Crippen LogP) is 2.71. The number of rotatable bonds is 1. The smallest absolute Gasteiger partial charge is 0.158 e. The second-order valence-electron chi connectivity index (χ2n) is 4.43. The fourth-order valence-electron chi connectivity index (χ4n) is 1.39. The zero-order valence-electron chi connectivity index (χ0n) is 7.61. The van der Waals surface area contributed by atoms with Gasteiger partial charge in [0.2, 0.25) is 0 Å². The normalized spacial score (nSPS) is 18.8. The van der Waals surface area contributed by atoms with Gasteiger partial charge in [0.15, 0.2) is 5.78 Å². The van der Waals surface area contributed by atoms with E-state index in [-0.39, 0.29) is 5.41 Å². The maximum Gasteiger partial charge on any atom is 0.158 e. The van der Waals surface area contributed by atoms with E-state index in [9.17, 15) is 4.79 Å². The third-order valence-electron chi connectivity index (χ3n) is 1.84. The summed E-state index contributed by atoms with van der Waals surface area (Å²) in [6.45, 7) is 6.50. The van der Waals surface area contributed by atoms with Crippen molar-refractivity contribution in [3.8, 4) is 0 Å². The minimum atomic E-state index is 0.256. The van der Waals surface area contributed by atoms with E-state index in [1.165, 1.54) is 0 Å². The minimum Gasteiger partial charge on any atom is -0.295 e. The van der Waals surface area contributed by atoms with Crippen molar-refractivity contribution < 1.29 is 4.79 Å². The van der Waals surface area contributed by atoms with E-state index >= 15 is 0 Å². The highest BCUT2D eigenvalue weighted by molar-refractivity contribution is 5.97. The molecule has 0 bridgehead atoms. The minimum absolute atomic E-state index is 0.256. The molecule has 0 N–H and O–H groups in total. The molecular formula is C10H16O. The van der Waals surface area contributed by atoms with Crippen molar-refractivity contribution in [1.29, 1.82) is 0 Å². The van der Waals surface area contributed by atoms with Crippen LogP contribution in [-0.4, -0.2) is 5.78 Å². The van der Waals surface area contributed by atoms with Gasteiger partial charge in [-0.1, -0.05) is 26.8 Å². The van der Waals surface area contributed by atoms with Crippen molar-refractivity contribution in [3.63, 3.8) is 0 Å². The van der Waals surface area contributed by atoms with Gasteiger partial charge in [-0.05, 0) is 23.8 Å². The Balaban J connectivity index is 2.56. The summed E-state index contributed by atoms with van der Waals surface area (Å²) in [5, 5.41) is 0. The van der Waals surface area contributed by atoms with Crippen molar-refractivity contribution in [3.05, 3.63) is 11.6 Å². The molecule has 1 heteroatoms. The van der Waals surface area contributed by atoms with E-state index < -0.39 is 0 Å². The van der Waals surface area contributed by atoms with Gasteiger partial charge in [-0.25, -0.2) is 0 Å². The van der Waals surface area contributed by atoms with Crippen LogP contribution in [0, 0.1) is 5.41 Å². The number of Topliss-reactive ketones (excluding diaryl/α,β-unsaturated/α-hetero) is 1. The number of allylic oxidation sites excluding steroid dienone is 2. The van der Waals surface area contributed by atoms with Crippen molar-refractivity contribution in [1.82, 2.24) is 0 Å². The Kier molecular flexibility index (Phi) is 2.17. The molecule has 1 rings (SSSR count). The highest BCUT2D eigenvalue weighted by Crippen LogP contribution is 2.28. The summed E-state index contributed by atoms with van der Waals surface area (Å²) in [5.41, 5.74) is 1.31. The van der Waals surface area contributed by atoms with Gasteiger partial charge in [-0.3, -0.25) is 4.79 Å². The highest BCUT2D eigenvalue weighted by atomic mass is 16.1. The van der Waals surface area contributed by atoms with Gasteiger partial charge in [0.05, 0.1) is 0 Å². The molecule has 62 valence electrons. The Morgan fingerprint density at radius 1 is 1.45 bits per heavy atom. The first-order chi connectivity index (χ1) is 4.99. The average Bonchev–Trinajstić information content (AvgIpc) is 2.12. The van der Waals surface area contributed by atoms with Gasteiger partial charge in [0, 0.05) is 6.42 Å². The van der Waals surface area contributed by atoms with E-state index in [0.717, 1.165) is 24.8 Å². The second-order valence-corrected chi connectivity index (χ2v) is 4.43. The SMILES string of the molecule is CC(C)(C)CC1=CCCC1=O. The predicted molar refractivity (Wildman–Crippen MR) is 46.4 cm³/mol. The van der Waals surface area contributed by atoms with Crippen LogP contribution in [0.25, 0.3) is 0 Å². The Morgan fingerprint density at radius 3 is 2.45 bits per heavy atom. The Hall–Kier alpha value is -0.590. The topological polar surface area (TPSA) is 17.1 Å². The molecule has 0 aliphatic heterocycles. The van der Waals surface area contributed by atoms with Gasteiger partial charge in [0.1, 0.15) is 0 Å². The Morgan fingerprint density at radius 2 is 2.09 bits per heavy atom. The lowest BCUT2D eigenvalue weighted by atomic mass is 9.87.